The van der Waals surface area contributed by atoms with Crippen molar-refractivity contribution in [1.82, 2.24) is 4.98 Å². The quantitative estimate of drug-likeness (QED) is 0.827. The number of sulfonamides is 1. The number of anilines is 1. The van der Waals surface area contributed by atoms with Gasteiger partial charge >= 0.3 is 0 Å². The Kier molecular flexibility index (Phi) is 3.46. The van der Waals surface area contributed by atoms with Gasteiger partial charge in [-0.25, -0.2) is 8.42 Å². The first-order chi connectivity index (χ1) is 6.53. The van der Waals surface area contributed by atoms with Crippen LogP contribution >= 0.6 is 0 Å². The van der Waals surface area contributed by atoms with Gasteiger partial charge in [0.2, 0.25) is 10.0 Å². The van der Waals surface area contributed by atoms with Gasteiger partial charge in [0.1, 0.15) is 0 Å². The molecule has 4 nitrogen and oxygen atoms in total. The Morgan fingerprint density at radius 1 is 1.43 bits per heavy atom. The lowest BCUT2D eigenvalue weighted by molar-refractivity contribution is 0.600. The maximum atomic E-state index is 11.3. The van der Waals surface area contributed by atoms with E-state index < -0.39 is 10.0 Å². The number of aromatic nitrogens is 1. The summed E-state index contributed by atoms with van der Waals surface area (Å²) in [7, 11) is -3.19. The van der Waals surface area contributed by atoms with E-state index in [-0.39, 0.29) is 5.75 Å². The van der Waals surface area contributed by atoms with E-state index in [1.54, 1.807) is 12.1 Å². The molecule has 0 bridgehead atoms. The van der Waals surface area contributed by atoms with Crippen molar-refractivity contribution >= 4 is 15.7 Å². The molecule has 0 saturated heterocycles. The molecule has 0 radical (unpaired) electrons. The summed E-state index contributed by atoms with van der Waals surface area (Å²) in [6.45, 7) is 3.68. The summed E-state index contributed by atoms with van der Waals surface area (Å²) < 4.78 is 25.1. The minimum atomic E-state index is -3.19. The van der Waals surface area contributed by atoms with E-state index >= 15 is 0 Å². The van der Waals surface area contributed by atoms with Crippen LogP contribution < -0.4 is 4.72 Å². The molecule has 0 saturated carbocycles. The van der Waals surface area contributed by atoms with Gasteiger partial charge in [-0.3, -0.25) is 9.71 Å². The van der Waals surface area contributed by atoms with Gasteiger partial charge in [-0.05, 0) is 25.5 Å². The van der Waals surface area contributed by atoms with Crippen molar-refractivity contribution in [3.05, 3.63) is 24.0 Å². The summed E-state index contributed by atoms with van der Waals surface area (Å²) in [6.07, 6.45) is 2.12. The Bertz CT molecular complexity index is 384. The molecule has 0 amide bonds. The lowest BCUT2D eigenvalue weighted by Crippen LogP contribution is -2.16. The van der Waals surface area contributed by atoms with Crippen molar-refractivity contribution in [3.63, 3.8) is 0 Å². The lowest BCUT2D eigenvalue weighted by atomic mass is 10.4. The van der Waals surface area contributed by atoms with E-state index in [9.17, 15) is 8.42 Å². The van der Waals surface area contributed by atoms with E-state index in [0.29, 0.717) is 12.1 Å². The molecule has 0 aliphatic heterocycles. The molecule has 5 heteroatoms. The highest BCUT2D eigenvalue weighted by Gasteiger charge is 2.07. The molecule has 1 rings (SSSR count). The minimum Gasteiger partial charge on any atom is -0.282 e. The van der Waals surface area contributed by atoms with Gasteiger partial charge < -0.3 is 0 Å². The molecule has 0 fully saturated rings. The fourth-order valence-electron chi connectivity index (χ4n) is 1.03. The summed E-state index contributed by atoms with van der Waals surface area (Å²) in [6, 6.07) is 3.47. The van der Waals surface area contributed by atoms with Crippen LogP contribution in [0.1, 0.15) is 19.0 Å². The zero-order chi connectivity index (χ0) is 10.6. The average Bonchev–Trinajstić information content (AvgIpc) is 2.08. The molecule has 0 atom stereocenters. The molecule has 0 aromatic carbocycles. The third-order valence-electron chi connectivity index (χ3n) is 1.66. The Labute approximate surface area is 84.4 Å². The largest absolute Gasteiger partial charge is 0.282 e. The molecule has 0 aliphatic carbocycles. The number of nitrogens with one attached hydrogen (secondary N) is 1. The lowest BCUT2D eigenvalue weighted by Gasteiger charge is -2.05. The van der Waals surface area contributed by atoms with Gasteiger partial charge in [-0.1, -0.05) is 6.92 Å². The van der Waals surface area contributed by atoms with Gasteiger partial charge in [0.15, 0.2) is 0 Å². The molecule has 14 heavy (non-hydrogen) atoms. The second-order valence-electron chi connectivity index (χ2n) is 3.11. The molecule has 1 aromatic heterocycles. The first-order valence-corrected chi connectivity index (χ1v) is 6.12. The zero-order valence-electron chi connectivity index (χ0n) is 8.32. The van der Waals surface area contributed by atoms with E-state index in [1.807, 2.05) is 13.8 Å². The first kappa shape index (κ1) is 11.0. The van der Waals surface area contributed by atoms with Crippen LogP contribution in [0.2, 0.25) is 0 Å². The maximum Gasteiger partial charge on any atom is 0.232 e. The normalized spacial score (nSPS) is 11.3. The summed E-state index contributed by atoms with van der Waals surface area (Å²) in [4.78, 5) is 4.00. The molecule has 1 aromatic rings. The Balaban J connectivity index is 2.74. The SMILES string of the molecule is CCCS(=O)(=O)Nc1ccc(C)nc1. The van der Waals surface area contributed by atoms with Crippen LogP contribution in [0.15, 0.2) is 18.3 Å². The van der Waals surface area contributed by atoms with Crippen molar-refractivity contribution in [3.8, 4) is 0 Å². The second kappa shape index (κ2) is 4.41. The Morgan fingerprint density at radius 3 is 2.64 bits per heavy atom. The fourth-order valence-corrected chi connectivity index (χ4v) is 2.15. The second-order valence-corrected chi connectivity index (χ2v) is 4.95. The first-order valence-electron chi connectivity index (χ1n) is 4.46. The number of nitrogens with zero attached hydrogens (tertiary/aromatic N) is 1. The average molecular weight is 214 g/mol. The van der Waals surface area contributed by atoms with Crippen LogP contribution in [-0.2, 0) is 10.0 Å². The number of aryl methyl sites for hydroxylation is 1. The molecule has 0 spiro atoms. The van der Waals surface area contributed by atoms with Crippen LogP contribution in [0.3, 0.4) is 0 Å². The van der Waals surface area contributed by atoms with Gasteiger partial charge in [-0.2, -0.15) is 0 Å². The minimum absolute atomic E-state index is 0.140. The molecule has 1 heterocycles. The van der Waals surface area contributed by atoms with Crippen LogP contribution in [-0.4, -0.2) is 19.2 Å². The van der Waals surface area contributed by atoms with E-state index in [4.69, 9.17) is 0 Å². The smallest absolute Gasteiger partial charge is 0.232 e. The van der Waals surface area contributed by atoms with Crippen molar-refractivity contribution in [2.24, 2.45) is 0 Å². The summed E-state index contributed by atoms with van der Waals surface area (Å²) in [5, 5.41) is 0. The predicted molar refractivity (Wildman–Crippen MR) is 56.7 cm³/mol. The molecule has 78 valence electrons. The van der Waals surface area contributed by atoms with E-state index in [0.717, 1.165) is 5.69 Å². The maximum absolute atomic E-state index is 11.3. The molecular formula is C9H14N2O2S. The van der Waals surface area contributed by atoms with Gasteiger partial charge in [0, 0.05) is 5.69 Å². The summed E-state index contributed by atoms with van der Waals surface area (Å²) in [5.74, 6) is 0.140. The van der Waals surface area contributed by atoms with Crippen molar-refractivity contribution in [2.75, 3.05) is 10.5 Å². The molecular weight excluding hydrogens is 200 g/mol. The number of rotatable bonds is 4. The van der Waals surface area contributed by atoms with Crippen molar-refractivity contribution in [2.45, 2.75) is 20.3 Å². The third-order valence-corrected chi connectivity index (χ3v) is 3.15. The number of pyridine rings is 1. The standard InChI is InChI=1S/C9H14N2O2S/c1-3-6-14(12,13)11-9-5-4-8(2)10-7-9/h4-5,7,11H,3,6H2,1-2H3. The summed E-state index contributed by atoms with van der Waals surface area (Å²) in [5.41, 5.74) is 1.38. The number of hydrogen-bond acceptors (Lipinski definition) is 3. The Hall–Kier alpha value is -1.10. The van der Waals surface area contributed by atoms with Crippen LogP contribution in [0.5, 0.6) is 0 Å². The monoisotopic (exact) mass is 214 g/mol. The Morgan fingerprint density at radius 2 is 2.14 bits per heavy atom. The predicted octanol–water partition coefficient (Wildman–Crippen LogP) is 1.54. The van der Waals surface area contributed by atoms with Crippen LogP contribution in [0.4, 0.5) is 5.69 Å². The van der Waals surface area contributed by atoms with Crippen LogP contribution in [0, 0.1) is 6.92 Å². The highest BCUT2D eigenvalue weighted by molar-refractivity contribution is 7.92. The molecule has 1 N–H and O–H groups in total. The summed E-state index contributed by atoms with van der Waals surface area (Å²) >= 11 is 0. The van der Waals surface area contributed by atoms with Crippen LogP contribution in [0.25, 0.3) is 0 Å². The fraction of sp³-hybridized carbons (Fsp3) is 0.444. The van der Waals surface area contributed by atoms with Crippen molar-refractivity contribution < 1.29 is 8.42 Å². The molecule has 0 unspecified atom stereocenters. The third kappa shape index (κ3) is 3.33. The van der Waals surface area contributed by atoms with Gasteiger partial charge in [-0.15, -0.1) is 0 Å². The van der Waals surface area contributed by atoms with E-state index in [2.05, 4.69) is 9.71 Å². The van der Waals surface area contributed by atoms with E-state index in [1.165, 1.54) is 6.20 Å². The van der Waals surface area contributed by atoms with Gasteiger partial charge in [0.05, 0.1) is 17.6 Å². The highest BCUT2D eigenvalue weighted by atomic mass is 32.2. The van der Waals surface area contributed by atoms with Gasteiger partial charge in [0.25, 0.3) is 0 Å². The number of hydrogen-bond donors (Lipinski definition) is 1. The highest BCUT2D eigenvalue weighted by Crippen LogP contribution is 2.08. The zero-order valence-corrected chi connectivity index (χ0v) is 9.13. The topological polar surface area (TPSA) is 59.1 Å². The van der Waals surface area contributed by atoms with Crippen molar-refractivity contribution in [1.29, 1.82) is 0 Å². The molecule has 0 aliphatic rings.